The van der Waals surface area contributed by atoms with Gasteiger partial charge in [0.2, 0.25) is 0 Å². The maximum atomic E-state index is 11.9. The van der Waals surface area contributed by atoms with E-state index >= 15 is 0 Å². The Morgan fingerprint density at radius 1 is 1.14 bits per heavy atom. The lowest BCUT2D eigenvalue weighted by Gasteiger charge is -2.19. The van der Waals surface area contributed by atoms with Gasteiger partial charge in [-0.15, -0.1) is 0 Å². The molecule has 21 heavy (non-hydrogen) atoms. The molecule has 1 aliphatic heterocycles. The van der Waals surface area contributed by atoms with Gasteiger partial charge in [-0.1, -0.05) is 0 Å². The van der Waals surface area contributed by atoms with Crippen molar-refractivity contribution in [3.05, 3.63) is 29.8 Å². The fourth-order valence-electron chi connectivity index (χ4n) is 2.40. The molecular formula is C16H24N2O3. The van der Waals surface area contributed by atoms with Crippen molar-refractivity contribution in [3.63, 3.8) is 0 Å². The van der Waals surface area contributed by atoms with Crippen LogP contribution in [0.2, 0.25) is 0 Å². The summed E-state index contributed by atoms with van der Waals surface area (Å²) in [5, 5.41) is 0. The first kappa shape index (κ1) is 15.8. The third kappa shape index (κ3) is 5.02. The largest absolute Gasteiger partial charge is 0.497 e. The first-order valence-electron chi connectivity index (χ1n) is 7.41. The molecule has 0 N–H and O–H groups in total. The van der Waals surface area contributed by atoms with E-state index in [2.05, 4.69) is 16.8 Å². The highest BCUT2D eigenvalue weighted by Gasteiger charge is 2.13. The number of carbonyl (C=O) groups excluding carboxylic acids is 1. The molecule has 0 amide bonds. The van der Waals surface area contributed by atoms with Gasteiger partial charge in [-0.2, -0.15) is 0 Å². The van der Waals surface area contributed by atoms with E-state index in [0.717, 1.165) is 38.5 Å². The first-order chi connectivity index (χ1) is 10.2. The summed E-state index contributed by atoms with van der Waals surface area (Å²) < 4.78 is 10.4. The quantitative estimate of drug-likeness (QED) is 0.769. The lowest BCUT2D eigenvalue weighted by atomic mass is 10.2. The van der Waals surface area contributed by atoms with Gasteiger partial charge in [-0.3, -0.25) is 4.90 Å². The number of benzene rings is 1. The van der Waals surface area contributed by atoms with Crippen molar-refractivity contribution in [3.8, 4) is 5.75 Å². The lowest BCUT2D eigenvalue weighted by molar-refractivity contribution is 0.0464. The molecule has 0 saturated carbocycles. The van der Waals surface area contributed by atoms with Crippen LogP contribution in [0.4, 0.5) is 0 Å². The Bertz CT molecular complexity index is 447. The van der Waals surface area contributed by atoms with Crippen LogP contribution >= 0.6 is 0 Å². The van der Waals surface area contributed by atoms with E-state index in [-0.39, 0.29) is 5.97 Å². The molecule has 2 rings (SSSR count). The van der Waals surface area contributed by atoms with Crippen molar-refractivity contribution in [1.82, 2.24) is 9.80 Å². The summed E-state index contributed by atoms with van der Waals surface area (Å²) in [5.41, 5.74) is 0.561. The number of hydrogen-bond donors (Lipinski definition) is 0. The van der Waals surface area contributed by atoms with Crippen LogP contribution in [0.25, 0.3) is 0 Å². The highest BCUT2D eigenvalue weighted by molar-refractivity contribution is 5.89. The number of likely N-dealkylation sites (N-methyl/N-ethyl adjacent to an activating group) is 1. The number of nitrogens with zero attached hydrogens (tertiary/aromatic N) is 2. The van der Waals surface area contributed by atoms with Crippen LogP contribution in [-0.2, 0) is 4.74 Å². The highest BCUT2D eigenvalue weighted by atomic mass is 16.5. The summed E-state index contributed by atoms with van der Waals surface area (Å²) in [6.45, 7) is 5.57. The molecule has 0 spiro atoms. The molecule has 5 nitrogen and oxygen atoms in total. The molecule has 0 aliphatic carbocycles. The van der Waals surface area contributed by atoms with Crippen LogP contribution in [0.5, 0.6) is 5.75 Å². The standard InChI is InChI=1S/C16H24N2O3/c1-17-8-3-9-18(11-10-17)12-13-21-16(19)14-4-6-15(20-2)7-5-14/h4-7H,3,8-13H2,1-2H3. The van der Waals surface area contributed by atoms with E-state index in [9.17, 15) is 4.79 Å². The molecule has 0 aromatic heterocycles. The van der Waals surface area contributed by atoms with Crippen molar-refractivity contribution in [2.75, 3.05) is 53.5 Å². The molecule has 1 heterocycles. The minimum Gasteiger partial charge on any atom is -0.497 e. The fraction of sp³-hybridized carbons (Fsp3) is 0.562. The number of ether oxygens (including phenoxy) is 2. The fourth-order valence-corrected chi connectivity index (χ4v) is 2.40. The minimum absolute atomic E-state index is 0.274. The van der Waals surface area contributed by atoms with Crippen LogP contribution in [-0.4, -0.2) is 69.3 Å². The Morgan fingerprint density at radius 2 is 1.90 bits per heavy atom. The Kier molecular flexibility index (Phi) is 6.02. The molecular weight excluding hydrogens is 268 g/mol. The molecule has 0 bridgehead atoms. The van der Waals surface area contributed by atoms with Crippen molar-refractivity contribution in [2.24, 2.45) is 0 Å². The normalized spacial score (nSPS) is 17.2. The van der Waals surface area contributed by atoms with Crippen LogP contribution in [0.1, 0.15) is 16.8 Å². The molecule has 1 fully saturated rings. The maximum absolute atomic E-state index is 11.9. The second-order valence-corrected chi connectivity index (χ2v) is 5.36. The summed E-state index contributed by atoms with van der Waals surface area (Å²) in [5.74, 6) is 0.463. The number of esters is 1. The number of methoxy groups -OCH3 is 1. The van der Waals surface area contributed by atoms with Crippen LogP contribution in [0.3, 0.4) is 0 Å². The van der Waals surface area contributed by atoms with Crippen molar-refractivity contribution in [1.29, 1.82) is 0 Å². The minimum atomic E-state index is -0.274. The van der Waals surface area contributed by atoms with Gasteiger partial charge >= 0.3 is 5.97 Å². The molecule has 0 radical (unpaired) electrons. The predicted octanol–water partition coefficient (Wildman–Crippen LogP) is 1.49. The summed E-state index contributed by atoms with van der Waals surface area (Å²) >= 11 is 0. The van der Waals surface area contributed by atoms with Crippen LogP contribution in [0.15, 0.2) is 24.3 Å². The van der Waals surface area contributed by atoms with Gasteiger partial charge in [-0.25, -0.2) is 4.79 Å². The van der Waals surface area contributed by atoms with E-state index in [4.69, 9.17) is 9.47 Å². The number of rotatable bonds is 5. The summed E-state index contributed by atoms with van der Waals surface area (Å²) in [4.78, 5) is 16.6. The Labute approximate surface area is 126 Å². The van der Waals surface area contributed by atoms with Crippen molar-refractivity contribution < 1.29 is 14.3 Å². The van der Waals surface area contributed by atoms with Gasteiger partial charge in [0.1, 0.15) is 12.4 Å². The zero-order chi connectivity index (χ0) is 15.1. The van der Waals surface area contributed by atoms with Gasteiger partial charge in [0, 0.05) is 19.6 Å². The Hall–Kier alpha value is -1.59. The van der Waals surface area contributed by atoms with Gasteiger partial charge in [0.25, 0.3) is 0 Å². The molecule has 116 valence electrons. The van der Waals surface area contributed by atoms with E-state index in [0.29, 0.717) is 12.2 Å². The average molecular weight is 292 g/mol. The summed E-state index contributed by atoms with van der Waals surface area (Å²) in [6.07, 6.45) is 1.17. The van der Waals surface area contributed by atoms with Crippen LogP contribution in [0, 0.1) is 0 Å². The van der Waals surface area contributed by atoms with Gasteiger partial charge in [0.05, 0.1) is 12.7 Å². The molecule has 5 heteroatoms. The first-order valence-corrected chi connectivity index (χ1v) is 7.41. The Morgan fingerprint density at radius 3 is 2.62 bits per heavy atom. The second kappa shape index (κ2) is 8.00. The number of hydrogen-bond acceptors (Lipinski definition) is 5. The summed E-state index contributed by atoms with van der Waals surface area (Å²) in [6, 6.07) is 6.98. The van der Waals surface area contributed by atoms with E-state index in [1.165, 1.54) is 6.42 Å². The van der Waals surface area contributed by atoms with Crippen LogP contribution < -0.4 is 4.74 Å². The third-order valence-electron chi connectivity index (χ3n) is 3.78. The molecule has 0 atom stereocenters. The molecule has 1 aliphatic rings. The highest BCUT2D eigenvalue weighted by Crippen LogP contribution is 2.12. The maximum Gasteiger partial charge on any atom is 0.338 e. The van der Waals surface area contributed by atoms with E-state index in [1.54, 1.807) is 31.4 Å². The molecule has 1 aromatic rings. The molecule has 1 saturated heterocycles. The summed E-state index contributed by atoms with van der Waals surface area (Å²) in [7, 11) is 3.75. The number of carbonyl (C=O) groups is 1. The van der Waals surface area contributed by atoms with Crippen molar-refractivity contribution >= 4 is 5.97 Å². The SMILES string of the molecule is COc1ccc(C(=O)OCCN2CCCN(C)CC2)cc1. The topological polar surface area (TPSA) is 42.0 Å². The van der Waals surface area contributed by atoms with E-state index in [1.807, 2.05) is 0 Å². The smallest absolute Gasteiger partial charge is 0.338 e. The zero-order valence-electron chi connectivity index (χ0n) is 12.9. The molecule has 0 unspecified atom stereocenters. The van der Waals surface area contributed by atoms with Gasteiger partial charge in [-0.05, 0) is 50.8 Å². The Balaban J connectivity index is 1.73. The zero-order valence-corrected chi connectivity index (χ0v) is 12.9. The third-order valence-corrected chi connectivity index (χ3v) is 3.78. The lowest BCUT2D eigenvalue weighted by Crippen LogP contribution is -2.32. The second-order valence-electron chi connectivity index (χ2n) is 5.36. The van der Waals surface area contributed by atoms with Crippen molar-refractivity contribution in [2.45, 2.75) is 6.42 Å². The van der Waals surface area contributed by atoms with E-state index < -0.39 is 0 Å². The van der Waals surface area contributed by atoms with Gasteiger partial charge < -0.3 is 14.4 Å². The molecule has 1 aromatic carbocycles. The van der Waals surface area contributed by atoms with Gasteiger partial charge in [0.15, 0.2) is 0 Å². The monoisotopic (exact) mass is 292 g/mol. The average Bonchev–Trinajstić information content (AvgIpc) is 2.72. The predicted molar refractivity (Wildman–Crippen MR) is 81.8 cm³/mol.